The first-order chi connectivity index (χ1) is 20.9. The van der Waals surface area contributed by atoms with Crippen LogP contribution < -0.4 is 14.5 Å². The van der Waals surface area contributed by atoms with Crippen molar-refractivity contribution >= 4 is 35.0 Å². The van der Waals surface area contributed by atoms with Gasteiger partial charge in [0.15, 0.2) is 0 Å². The molecular formula is C35H28N2O6. The summed E-state index contributed by atoms with van der Waals surface area (Å²) >= 11 is 0. The van der Waals surface area contributed by atoms with Crippen molar-refractivity contribution in [3.63, 3.8) is 0 Å². The van der Waals surface area contributed by atoms with E-state index in [1.165, 1.54) is 9.80 Å². The van der Waals surface area contributed by atoms with E-state index in [-0.39, 0.29) is 35.3 Å². The maximum atomic E-state index is 14.2. The summed E-state index contributed by atoms with van der Waals surface area (Å²) in [6, 6.07) is 22.8. The molecule has 0 bridgehead atoms. The molecule has 8 rings (SSSR count). The smallest absolute Gasteiger partial charge is 0.238 e. The van der Waals surface area contributed by atoms with Crippen LogP contribution in [0, 0.1) is 35.5 Å². The fraction of sp³-hybridized carbons (Fsp3) is 0.257. The van der Waals surface area contributed by atoms with Gasteiger partial charge in [-0.3, -0.25) is 29.0 Å². The Bertz CT molecular complexity index is 1760. The molecule has 5 aliphatic rings. The van der Waals surface area contributed by atoms with Crippen LogP contribution in [0.2, 0.25) is 0 Å². The molecule has 8 nitrogen and oxygen atoms in total. The number of carbonyl (C=O) groups excluding carboxylic acids is 4. The number of ether oxygens (including phenoxy) is 1. The number of allylic oxidation sites excluding steroid dienone is 3. The minimum absolute atomic E-state index is 0.112. The predicted octanol–water partition coefficient (Wildman–Crippen LogP) is 4.79. The van der Waals surface area contributed by atoms with Gasteiger partial charge in [0, 0.05) is 17.9 Å². The summed E-state index contributed by atoms with van der Waals surface area (Å²) in [5, 5.41) is 10.2. The maximum Gasteiger partial charge on any atom is 0.238 e. The molecule has 8 heteroatoms. The van der Waals surface area contributed by atoms with Crippen molar-refractivity contribution < 1.29 is 29.0 Å². The van der Waals surface area contributed by atoms with E-state index >= 15 is 0 Å². The molecule has 3 fully saturated rings. The van der Waals surface area contributed by atoms with Crippen molar-refractivity contribution in [2.45, 2.75) is 19.3 Å². The van der Waals surface area contributed by atoms with Crippen LogP contribution in [0.5, 0.6) is 11.5 Å². The summed E-state index contributed by atoms with van der Waals surface area (Å²) in [6.45, 7) is 0. The molecule has 6 atom stereocenters. The maximum absolute atomic E-state index is 14.2. The number of anilines is 2. The quantitative estimate of drug-likeness (QED) is 0.358. The Morgan fingerprint density at radius 3 is 2.00 bits per heavy atom. The number of fused-ring (bicyclic) bond motifs is 5. The van der Waals surface area contributed by atoms with Crippen LogP contribution in [0.4, 0.5) is 11.4 Å². The summed E-state index contributed by atoms with van der Waals surface area (Å²) < 4.78 is 6.01. The third-order valence-electron chi connectivity index (χ3n) is 9.85. The van der Waals surface area contributed by atoms with E-state index in [0.717, 1.165) is 16.7 Å². The van der Waals surface area contributed by atoms with E-state index in [0.29, 0.717) is 36.4 Å². The molecule has 0 spiro atoms. The fourth-order valence-corrected chi connectivity index (χ4v) is 8.07. The third kappa shape index (κ3) is 3.75. The first kappa shape index (κ1) is 25.7. The average Bonchev–Trinajstić information content (AvgIpc) is 3.44. The molecule has 3 aliphatic heterocycles. The standard InChI is InChI=1S/C35H28N2O6/c38-23-11-14-28-19(16-23)15-20(18-43-28)29-24-12-13-25-30(34(41)36(32(25)39)21-7-3-1-4-8-21)26(24)17-27-31(29)35(42)37(33(27)40)22-9-5-2-6-10-22/h1-12,14,16,18,25-27,29-31,38H,13,15,17H2/t25-,26+,27+,29-,30-,31+/m0/s1. The van der Waals surface area contributed by atoms with Crippen LogP contribution in [0.15, 0.2) is 102 Å². The molecule has 0 aromatic heterocycles. The molecule has 0 radical (unpaired) electrons. The number of imide groups is 2. The van der Waals surface area contributed by atoms with Crippen molar-refractivity contribution in [2.24, 2.45) is 35.5 Å². The second-order valence-corrected chi connectivity index (χ2v) is 12.0. The Morgan fingerprint density at radius 2 is 1.33 bits per heavy atom. The minimum Gasteiger partial charge on any atom is -0.508 e. The molecule has 1 N–H and O–H groups in total. The number of carbonyl (C=O) groups is 4. The zero-order valence-corrected chi connectivity index (χ0v) is 23.1. The number of para-hydroxylation sites is 2. The van der Waals surface area contributed by atoms with E-state index in [4.69, 9.17) is 4.74 Å². The van der Waals surface area contributed by atoms with Crippen LogP contribution >= 0.6 is 0 Å². The number of rotatable bonds is 3. The molecule has 43 heavy (non-hydrogen) atoms. The Balaban J connectivity index is 1.23. The van der Waals surface area contributed by atoms with Crippen LogP contribution in [0.3, 0.4) is 0 Å². The highest BCUT2D eigenvalue weighted by atomic mass is 16.5. The third-order valence-corrected chi connectivity index (χ3v) is 9.85. The number of phenols is 1. The predicted molar refractivity (Wildman–Crippen MR) is 157 cm³/mol. The highest BCUT2D eigenvalue weighted by molar-refractivity contribution is 6.24. The SMILES string of the molecule is O=C1[C@H]2[C@H](CC=C3[C@H](C4=COc5ccc(O)cc5C4)[C@@H]4C(=O)N(c5ccccc5)C(=O)[C@@H]4C[C@H]32)C(=O)N1c1ccccc1. The van der Waals surface area contributed by atoms with Gasteiger partial charge in [-0.2, -0.15) is 0 Å². The lowest BCUT2D eigenvalue weighted by Crippen LogP contribution is -2.45. The number of aromatic hydroxyl groups is 1. The largest absolute Gasteiger partial charge is 0.508 e. The van der Waals surface area contributed by atoms with Crippen molar-refractivity contribution in [2.75, 3.05) is 9.80 Å². The van der Waals surface area contributed by atoms with Crippen molar-refractivity contribution in [1.29, 1.82) is 0 Å². The van der Waals surface area contributed by atoms with Gasteiger partial charge in [-0.15, -0.1) is 0 Å². The number of nitrogens with zero attached hydrogens (tertiary/aromatic N) is 2. The summed E-state index contributed by atoms with van der Waals surface area (Å²) in [5.74, 6) is -3.62. The van der Waals surface area contributed by atoms with Crippen molar-refractivity contribution in [3.8, 4) is 11.5 Å². The van der Waals surface area contributed by atoms with E-state index in [1.54, 1.807) is 73.0 Å². The highest BCUT2D eigenvalue weighted by Crippen LogP contribution is 2.58. The van der Waals surface area contributed by atoms with Gasteiger partial charge >= 0.3 is 0 Å². The van der Waals surface area contributed by atoms with Crippen LogP contribution in [0.25, 0.3) is 0 Å². The van der Waals surface area contributed by atoms with Crippen LogP contribution in [-0.2, 0) is 25.6 Å². The van der Waals surface area contributed by atoms with E-state index < -0.39 is 29.6 Å². The molecule has 2 saturated heterocycles. The van der Waals surface area contributed by atoms with E-state index in [2.05, 4.69) is 0 Å². The van der Waals surface area contributed by atoms with E-state index in [9.17, 15) is 24.3 Å². The summed E-state index contributed by atoms with van der Waals surface area (Å²) in [6.07, 6.45) is 4.82. The molecule has 1 saturated carbocycles. The number of hydrogen-bond donors (Lipinski definition) is 1. The number of hydrogen-bond acceptors (Lipinski definition) is 6. The fourth-order valence-electron chi connectivity index (χ4n) is 8.07. The molecule has 4 amide bonds. The van der Waals surface area contributed by atoms with Crippen LogP contribution in [-0.4, -0.2) is 28.7 Å². The molecule has 2 aliphatic carbocycles. The lowest BCUT2D eigenvalue weighted by atomic mass is 9.56. The number of benzene rings is 3. The second kappa shape index (κ2) is 9.52. The topological polar surface area (TPSA) is 104 Å². The normalized spacial score (nSPS) is 29.3. The average molecular weight is 573 g/mol. The highest BCUT2D eigenvalue weighted by Gasteiger charge is 2.62. The number of phenolic OH excluding ortho intramolecular Hbond substituents is 1. The van der Waals surface area contributed by atoms with Gasteiger partial charge in [0.2, 0.25) is 23.6 Å². The lowest BCUT2D eigenvalue weighted by molar-refractivity contribution is -0.126. The zero-order chi connectivity index (χ0) is 29.4. The Morgan fingerprint density at radius 1 is 0.698 bits per heavy atom. The summed E-state index contributed by atoms with van der Waals surface area (Å²) in [5.41, 5.74) is 3.58. The zero-order valence-electron chi connectivity index (χ0n) is 23.1. The number of amides is 4. The molecule has 3 heterocycles. The van der Waals surface area contributed by atoms with Gasteiger partial charge in [0.1, 0.15) is 11.5 Å². The van der Waals surface area contributed by atoms with Gasteiger partial charge in [0.05, 0.1) is 41.3 Å². The van der Waals surface area contributed by atoms with Gasteiger partial charge < -0.3 is 9.84 Å². The minimum atomic E-state index is -0.669. The molecule has 214 valence electrons. The van der Waals surface area contributed by atoms with Gasteiger partial charge in [-0.1, -0.05) is 48.0 Å². The summed E-state index contributed by atoms with van der Waals surface area (Å²) in [4.78, 5) is 58.6. The van der Waals surface area contributed by atoms with Crippen molar-refractivity contribution in [1.82, 2.24) is 0 Å². The first-order valence-corrected chi connectivity index (χ1v) is 14.7. The molecule has 3 aromatic carbocycles. The molecule has 3 aromatic rings. The Labute approximate surface area is 247 Å². The first-order valence-electron chi connectivity index (χ1n) is 14.7. The van der Waals surface area contributed by atoms with Gasteiger partial charge in [-0.05, 0) is 66.8 Å². The monoisotopic (exact) mass is 572 g/mol. The van der Waals surface area contributed by atoms with Crippen LogP contribution in [0.1, 0.15) is 18.4 Å². The molecule has 0 unspecified atom stereocenters. The Hall–Kier alpha value is -4.98. The summed E-state index contributed by atoms with van der Waals surface area (Å²) in [7, 11) is 0. The van der Waals surface area contributed by atoms with Gasteiger partial charge in [-0.25, -0.2) is 0 Å². The van der Waals surface area contributed by atoms with E-state index in [1.807, 2.05) is 18.2 Å². The molecular weight excluding hydrogens is 544 g/mol. The lowest BCUT2D eigenvalue weighted by Gasteiger charge is -2.45. The Kier molecular flexibility index (Phi) is 5.69. The second-order valence-electron chi connectivity index (χ2n) is 12.0. The van der Waals surface area contributed by atoms with Crippen molar-refractivity contribution in [3.05, 3.63) is 108 Å². The van der Waals surface area contributed by atoms with Gasteiger partial charge in [0.25, 0.3) is 0 Å².